The molecule has 0 aromatic carbocycles. The normalized spacial score (nSPS) is 45.2. The Labute approximate surface area is 227 Å². The van der Waals surface area contributed by atoms with Crippen LogP contribution in [-0.2, 0) is 4.84 Å². The van der Waals surface area contributed by atoms with Crippen LogP contribution in [0.4, 0.5) is 0 Å². The van der Waals surface area contributed by atoms with Crippen LogP contribution in [0.15, 0.2) is 29.5 Å². The summed E-state index contributed by atoms with van der Waals surface area (Å²) < 4.78 is 0. The summed E-state index contributed by atoms with van der Waals surface area (Å²) in [5.41, 5.74) is 2.09. The second-order valence-electron chi connectivity index (χ2n) is 15.0. The van der Waals surface area contributed by atoms with Gasteiger partial charge < -0.3 is 15.1 Å². The summed E-state index contributed by atoms with van der Waals surface area (Å²) in [7, 11) is 0. The van der Waals surface area contributed by atoms with Crippen molar-refractivity contribution in [3.63, 3.8) is 0 Å². The first kappa shape index (κ1) is 28.9. The van der Waals surface area contributed by atoms with Gasteiger partial charge in [-0.2, -0.15) is 0 Å². The van der Waals surface area contributed by atoms with E-state index in [1.54, 1.807) is 6.08 Å². The second-order valence-corrected chi connectivity index (χ2v) is 15.0. The molecule has 4 unspecified atom stereocenters. The molecule has 0 aromatic heterocycles. The third kappa shape index (κ3) is 4.46. The van der Waals surface area contributed by atoms with Gasteiger partial charge in [0.15, 0.2) is 0 Å². The maximum atomic E-state index is 11.9. The molecule has 4 aliphatic rings. The lowest BCUT2D eigenvalue weighted by atomic mass is 9.35. The molecule has 0 aliphatic heterocycles. The van der Waals surface area contributed by atoms with Crippen LogP contribution < -0.4 is 0 Å². The van der Waals surface area contributed by atoms with E-state index in [0.29, 0.717) is 18.4 Å². The van der Waals surface area contributed by atoms with Gasteiger partial charge in [-0.05, 0) is 118 Å². The molecule has 2 N–H and O–H groups in total. The van der Waals surface area contributed by atoms with Crippen molar-refractivity contribution in [1.82, 2.24) is 0 Å². The van der Waals surface area contributed by atoms with Crippen molar-refractivity contribution in [3.8, 4) is 0 Å². The van der Waals surface area contributed by atoms with Crippen molar-refractivity contribution in [2.75, 3.05) is 6.61 Å². The lowest BCUT2D eigenvalue weighted by Crippen LogP contribution is -2.66. The van der Waals surface area contributed by atoms with Gasteiger partial charge in [0.2, 0.25) is 0 Å². The molecule has 0 spiro atoms. The summed E-state index contributed by atoms with van der Waals surface area (Å²) in [6.45, 7) is 22.8. The molecule has 0 heterocycles. The summed E-state index contributed by atoms with van der Waals surface area (Å²) in [6, 6.07) is 0. The van der Waals surface area contributed by atoms with Crippen LogP contribution in [0.25, 0.3) is 0 Å². The van der Waals surface area contributed by atoms with Crippen molar-refractivity contribution in [3.05, 3.63) is 24.3 Å². The van der Waals surface area contributed by atoms with Gasteiger partial charge in [-0.1, -0.05) is 64.1 Å². The molecular weight excluding hydrogens is 458 g/mol. The largest absolute Gasteiger partial charge is 0.393 e. The molecule has 9 atom stereocenters. The van der Waals surface area contributed by atoms with Crippen LogP contribution in [0.1, 0.15) is 113 Å². The van der Waals surface area contributed by atoms with Crippen LogP contribution in [-0.4, -0.2) is 34.2 Å². The highest BCUT2D eigenvalue weighted by Crippen LogP contribution is 2.75. The summed E-state index contributed by atoms with van der Waals surface area (Å²) >= 11 is 0. The van der Waals surface area contributed by atoms with Gasteiger partial charge in [0, 0.05) is 5.41 Å². The minimum absolute atomic E-state index is 0.0228. The number of allylic oxidation sites excluding steroid dienone is 2. The maximum Gasteiger partial charge on any atom is 0.135 e. The quantitative estimate of drug-likeness (QED) is 0.208. The SMILES string of the molecule is C=CCO/N=C1\CC[C@@]2(C)C(CC[C@]3(C)C2C[C@@H](O)C2C([C@@](C)(O)CCC=C(C)C)CC[C@]23C)C1(C)C. The molecule has 4 saturated carbocycles. The zero-order valence-corrected chi connectivity index (χ0v) is 25.1. The fraction of sp³-hybridized carbons (Fsp3) is 0.848. The number of oxime groups is 1. The van der Waals surface area contributed by atoms with E-state index in [4.69, 9.17) is 4.84 Å². The molecular formula is C33H55NO3. The van der Waals surface area contributed by atoms with Crippen molar-refractivity contribution >= 4 is 5.71 Å². The lowest BCUT2D eigenvalue weighted by molar-refractivity contribution is -0.226. The Morgan fingerprint density at radius 2 is 1.76 bits per heavy atom. The number of rotatable bonds is 7. The Morgan fingerprint density at radius 3 is 2.41 bits per heavy atom. The van der Waals surface area contributed by atoms with Gasteiger partial charge in [0.05, 0.1) is 17.4 Å². The van der Waals surface area contributed by atoms with Crippen molar-refractivity contribution in [2.24, 2.45) is 50.5 Å². The molecule has 4 aliphatic carbocycles. The first-order chi connectivity index (χ1) is 17.1. The summed E-state index contributed by atoms with van der Waals surface area (Å²) in [5, 5.41) is 28.2. The Balaban J connectivity index is 1.63. The van der Waals surface area contributed by atoms with Gasteiger partial charge in [-0.3, -0.25) is 0 Å². The van der Waals surface area contributed by atoms with Gasteiger partial charge >= 0.3 is 0 Å². The third-order valence-electron chi connectivity index (χ3n) is 12.5. The van der Waals surface area contributed by atoms with Gasteiger partial charge in [-0.25, -0.2) is 0 Å². The summed E-state index contributed by atoms with van der Waals surface area (Å²) in [6.07, 6.45) is 12.8. The first-order valence-electron chi connectivity index (χ1n) is 15.0. The zero-order valence-electron chi connectivity index (χ0n) is 25.1. The Kier molecular flexibility index (Phi) is 7.65. The maximum absolute atomic E-state index is 11.9. The van der Waals surface area contributed by atoms with Crippen LogP contribution in [0.2, 0.25) is 0 Å². The average molecular weight is 514 g/mol. The predicted octanol–water partition coefficient (Wildman–Crippen LogP) is 7.70. The van der Waals surface area contributed by atoms with Gasteiger partial charge in [0.1, 0.15) is 6.61 Å². The van der Waals surface area contributed by atoms with E-state index in [2.05, 4.69) is 66.3 Å². The molecule has 4 heteroatoms. The topological polar surface area (TPSA) is 62.0 Å². The van der Waals surface area contributed by atoms with Crippen molar-refractivity contribution in [2.45, 2.75) is 125 Å². The minimum atomic E-state index is -0.747. The van der Waals surface area contributed by atoms with Crippen LogP contribution in [0, 0.1) is 45.3 Å². The van der Waals surface area contributed by atoms with Crippen LogP contribution in [0.5, 0.6) is 0 Å². The zero-order chi connectivity index (χ0) is 27.4. The molecule has 0 amide bonds. The molecule has 0 radical (unpaired) electrons. The van der Waals surface area contributed by atoms with E-state index in [1.165, 1.54) is 24.1 Å². The van der Waals surface area contributed by atoms with Crippen molar-refractivity contribution < 1.29 is 15.1 Å². The monoisotopic (exact) mass is 513 g/mol. The van der Waals surface area contributed by atoms with Crippen molar-refractivity contribution in [1.29, 1.82) is 0 Å². The number of hydrogen-bond donors (Lipinski definition) is 2. The Bertz CT molecular complexity index is 930. The first-order valence-corrected chi connectivity index (χ1v) is 15.0. The van der Waals surface area contributed by atoms with Crippen LogP contribution in [0.3, 0.4) is 0 Å². The van der Waals surface area contributed by atoms with E-state index in [9.17, 15) is 10.2 Å². The highest BCUT2D eigenvalue weighted by atomic mass is 16.6. The van der Waals surface area contributed by atoms with E-state index in [1.807, 2.05) is 6.92 Å². The van der Waals surface area contributed by atoms with E-state index >= 15 is 0 Å². The number of fused-ring (bicyclic) bond motifs is 5. The summed E-state index contributed by atoms with van der Waals surface area (Å²) in [4.78, 5) is 5.57. The van der Waals surface area contributed by atoms with Gasteiger partial charge in [-0.15, -0.1) is 0 Å². The average Bonchev–Trinajstić information content (AvgIpc) is 3.17. The standard InChI is InChI=1S/C33H55NO3/c1-10-20-37-34-27-15-17-30(6)25(29(27,4)5)14-19-31(7)26(30)21-24(35)28-23(13-18-32(28,31)8)33(9,36)16-11-12-22(2)3/h10,12,23-26,28,35-36H,1,11,13-21H2,2-9H3/b34-27+/t23?,24-,25?,26?,28?,30+,31-,32-,33+/m1/s1. The molecule has 0 aromatic rings. The number of aliphatic hydroxyl groups excluding tert-OH is 1. The Morgan fingerprint density at radius 1 is 1.08 bits per heavy atom. The van der Waals surface area contributed by atoms with Gasteiger partial charge in [0.25, 0.3) is 0 Å². The fourth-order valence-corrected chi connectivity index (χ4v) is 10.4. The molecule has 0 saturated heterocycles. The molecule has 4 fully saturated rings. The third-order valence-corrected chi connectivity index (χ3v) is 12.5. The lowest BCUT2D eigenvalue weighted by Gasteiger charge is -2.70. The highest BCUT2D eigenvalue weighted by Gasteiger charge is 2.71. The molecule has 4 rings (SSSR count). The fourth-order valence-electron chi connectivity index (χ4n) is 10.4. The number of nitrogens with zero attached hydrogens (tertiary/aromatic N) is 1. The minimum Gasteiger partial charge on any atom is -0.393 e. The number of aliphatic hydroxyl groups is 2. The second kappa shape index (κ2) is 9.81. The smallest absolute Gasteiger partial charge is 0.135 e. The van der Waals surface area contributed by atoms with E-state index < -0.39 is 5.60 Å². The summed E-state index contributed by atoms with van der Waals surface area (Å²) in [5.74, 6) is 1.32. The van der Waals surface area contributed by atoms with E-state index in [0.717, 1.165) is 44.9 Å². The molecule has 37 heavy (non-hydrogen) atoms. The highest BCUT2D eigenvalue weighted by molar-refractivity contribution is 5.90. The molecule has 0 bridgehead atoms. The number of hydrogen-bond acceptors (Lipinski definition) is 4. The predicted molar refractivity (Wildman–Crippen MR) is 153 cm³/mol. The van der Waals surface area contributed by atoms with Crippen LogP contribution >= 0.6 is 0 Å². The molecule has 210 valence electrons. The molecule has 4 nitrogen and oxygen atoms in total. The van der Waals surface area contributed by atoms with E-state index in [-0.39, 0.29) is 39.6 Å². The Hall–Kier alpha value is -1.13.